The van der Waals surface area contributed by atoms with Crippen LogP contribution in [0, 0.1) is 0 Å². The highest BCUT2D eigenvalue weighted by Crippen LogP contribution is 2.28. The Kier molecular flexibility index (Phi) is 7.31. The molecule has 150 valence electrons. The van der Waals surface area contributed by atoms with Crippen LogP contribution in [0.3, 0.4) is 0 Å². The first-order valence-corrected chi connectivity index (χ1v) is 9.94. The van der Waals surface area contributed by atoms with Crippen LogP contribution >= 0.6 is 0 Å². The molecule has 0 N–H and O–H groups in total. The van der Waals surface area contributed by atoms with Gasteiger partial charge in [0.25, 0.3) is 0 Å². The molecule has 0 saturated carbocycles. The van der Waals surface area contributed by atoms with Gasteiger partial charge in [-0.05, 0) is 36.1 Å². The Balaban J connectivity index is 1.41. The van der Waals surface area contributed by atoms with Crippen molar-refractivity contribution in [3.05, 3.63) is 59.7 Å². The molecule has 3 rings (SSSR count). The number of amides is 1. The summed E-state index contributed by atoms with van der Waals surface area (Å²) < 4.78 is 10.6. The number of hydrogen-bond acceptors (Lipinski definition) is 4. The molecule has 1 fully saturated rings. The van der Waals surface area contributed by atoms with Gasteiger partial charge < -0.3 is 14.4 Å². The van der Waals surface area contributed by atoms with E-state index in [1.54, 1.807) is 14.2 Å². The van der Waals surface area contributed by atoms with Crippen LogP contribution in [0.5, 0.6) is 11.5 Å². The van der Waals surface area contributed by atoms with Crippen LogP contribution in [0.1, 0.15) is 17.5 Å². The van der Waals surface area contributed by atoms with E-state index in [0.717, 1.165) is 44.7 Å². The first-order valence-electron chi connectivity index (χ1n) is 9.94. The summed E-state index contributed by atoms with van der Waals surface area (Å²) in [4.78, 5) is 17.0. The Bertz CT molecular complexity index is 756. The zero-order valence-corrected chi connectivity index (χ0v) is 16.9. The number of carbonyl (C=O) groups is 1. The summed E-state index contributed by atoms with van der Waals surface area (Å²) in [7, 11) is 3.25. The third-order valence-electron chi connectivity index (χ3n) is 5.36. The molecule has 0 aromatic heterocycles. The predicted molar refractivity (Wildman–Crippen MR) is 111 cm³/mol. The van der Waals surface area contributed by atoms with Crippen LogP contribution in [0.25, 0.3) is 0 Å². The maximum atomic E-state index is 12.6. The van der Waals surface area contributed by atoms with E-state index in [2.05, 4.69) is 35.2 Å². The fourth-order valence-corrected chi connectivity index (χ4v) is 3.60. The second kappa shape index (κ2) is 10.1. The highest BCUT2D eigenvalue weighted by atomic mass is 16.5. The Morgan fingerprint density at radius 1 is 0.857 bits per heavy atom. The van der Waals surface area contributed by atoms with E-state index in [1.165, 1.54) is 5.56 Å². The first kappa shape index (κ1) is 20.2. The lowest BCUT2D eigenvalue weighted by molar-refractivity contribution is -0.132. The lowest BCUT2D eigenvalue weighted by Gasteiger charge is -2.34. The number of rotatable bonds is 8. The molecule has 2 aromatic carbocycles. The van der Waals surface area contributed by atoms with Gasteiger partial charge in [-0.25, -0.2) is 0 Å². The smallest absolute Gasteiger partial charge is 0.222 e. The first-order chi connectivity index (χ1) is 13.7. The minimum atomic E-state index is 0.234. The molecule has 0 unspecified atom stereocenters. The number of piperazine rings is 1. The van der Waals surface area contributed by atoms with Crippen molar-refractivity contribution in [2.45, 2.75) is 19.3 Å². The number of nitrogens with zero attached hydrogens (tertiary/aromatic N) is 2. The molecule has 1 aliphatic rings. The Hall–Kier alpha value is -2.53. The number of carbonyl (C=O) groups excluding carboxylic acids is 1. The van der Waals surface area contributed by atoms with E-state index in [-0.39, 0.29) is 5.91 Å². The molecule has 1 amide bonds. The van der Waals surface area contributed by atoms with Gasteiger partial charge in [0, 0.05) is 39.1 Å². The van der Waals surface area contributed by atoms with Crippen LogP contribution in [0.15, 0.2) is 48.5 Å². The number of aryl methyl sites for hydroxylation is 1. The topological polar surface area (TPSA) is 42.0 Å². The largest absolute Gasteiger partial charge is 0.493 e. The van der Waals surface area contributed by atoms with Gasteiger partial charge in [0.05, 0.1) is 14.2 Å². The van der Waals surface area contributed by atoms with Crippen molar-refractivity contribution in [2.75, 3.05) is 46.9 Å². The third-order valence-corrected chi connectivity index (χ3v) is 5.36. The van der Waals surface area contributed by atoms with E-state index in [0.29, 0.717) is 24.3 Å². The van der Waals surface area contributed by atoms with Crippen LogP contribution in [-0.4, -0.2) is 62.7 Å². The molecule has 5 nitrogen and oxygen atoms in total. The standard InChI is InChI=1S/C23H30N2O3/c1-27-21-10-8-20(18-22(21)28-2)9-11-23(26)25-16-14-24(15-17-25)13-12-19-6-4-3-5-7-19/h3-8,10,18H,9,11-17H2,1-2H3. The quantitative estimate of drug-likeness (QED) is 0.704. The lowest BCUT2D eigenvalue weighted by atomic mass is 10.1. The molecule has 0 spiro atoms. The Morgan fingerprint density at radius 2 is 1.57 bits per heavy atom. The van der Waals surface area contributed by atoms with Gasteiger partial charge in [-0.1, -0.05) is 36.4 Å². The van der Waals surface area contributed by atoms with Gasteiger partial charge in [-0.15, -0.1) is 0 Å². The molecule has 5 heteroatoms. The Morgan fingerprint density at radius 3 is 2.25 bits per heavy atom. The van der Waals surface area contributed by atoms with Crippen molar-refractivity contribution in [2.24, 2.45) is 0 Å². The van der Waals surface area contributed by atoms with Crippen molar-refractivity contribution in [3.8, 4) is 11.5 Å². The highest BCUT2D eigenvalue weighted by molar-refractivity contribution is 5.76. The minimum absolute atomic E-state index is 0.234. The second-order valence-electron chi connectivity index (χ2n) is 7.15. The number of methoxy groups -OCH3 is 2. The van der Waals surface area contributed by atoms with Gasteiger partial charge in [-0.2, -0.15) is 0 Å². The van der Waals surface area contributed by atoms with Crippen molar-refractivity contribution in [3.63, 3.8) is 0 Å². The Labute approximate surface area is 167 Å². The maximum Gasteiger partial charge on any atom is 0.222 e. The molecule has 0 bridgehead atoms. The molecular formula is C23H30N2O3. The van der Waals surface area contributed by atoms with Crippen LogP contribution in [-0.2, 0) is 17.6 Å². The van der Waals surface area contributed by atoms with E-state index in [9.17, 15) is 4.79 Å². The van der Waals surface area contributed by atoms with Gasteiger partial charge in [0.1, 0.15) is 0 Å². The second-order valence-corrected chi connectivity index (χ2v) is 7.15. The summed E-state index contributed by atoms with van der Waals surface area (Å²) in [6.45, 7) is 4.60. The van der Waals surface area contributed by atoms with Gasteiger partial charge in [0.2, 0.25) is 5.91 Å². The number of benzene rings is 2. The normalized spacial score (nSPS) is 14.7. The van der Waals surface area contributed by atoms with Gasteiger partial charge in [0.15, 0.2) is 11.5 Å². The molecule has 2 aromatic rings. The zero-order valence-electron chi connectivity index (χ0n) is 16.9. The minimum Gasteiger partial charge on any atom is -0.493 e. The van der Waals surface area contributed by atoms with Gasteiger partial charge in [-0.3, -0.25) is 9.69 Å². The van der Waals surface area contributed by atoms with Crippen molar-refractivity contribution in [1.29, 1.82) is 0 Å². The van der Waals surface area contributed by atoms with Crippen LogP contribution in [0.2, 0.25) is 0 Å². The predicted octanol–water partition coefficient (Wildman–Crippen LogP) is 3.02. The van der Waals surface area contributed by atoms with Crippen LogP contribution < -0.4 is 9.47 Å². The fourth-order valence-electron chi connectivity index (χ4n) is 3.60. The summed E-state index contributed by atoms with van der Waals surface area (Å²) in [6, 6.07) is 16.4. The number of ether oxygens (including phenoxy) is 2. The van der Waals surface area contributed by atoms with Crippen molar-refractivity contribution >= 4 is 5.91 Å². The molecule has 0 atom stereocenters. The molecule has 1 aliphatic heterocycles. The summed E-state index contributed by atoms with van der Waals surface area (Å²) in [6.07, 6.45) is 2.31. The maximum absolute atomic E-state index is 12.6. The summed E-state index contributed by atoms with van der Waals surface area (Å²) in [5, 5.41) is 0. The molecule has 1 heterocycles. The van der Waals surface area contributed by atoms with E-state index >= 15 is 0 Å². The van der Waals surface area contributed by atoms with Gasteiger partial charge >= 0.3 is 0 Å². The fraction of sp³-hybridized carbons (Fsp3) is 0.435. The summed E-state index contributed by atoms with van der Waals surface area (Å²) in [5.74, 6) is 1.65. The molecule has 1 saturated heterocycles. The van der Waals surface area contributed by atoms with Crippen molar-refractivity contribution < 1.29 is 14.3 Å². The summed E-state index contributed by atoms with van der Waals surface area (Å²) in [5.41, 5.74) is 2.46. The zero-order chi connectivity index (χ0) is 19.8. The summed E-state index contributed by atoms with van der Waals surface area (Å²) >= 11 is 0. The van der Waals surface area contributed by atoms with Crippen molar-refractivity contribution in [1.82, 2.24) is 9.80 Å². The van der Waals surface area contributed by atoms with E-state index in [4.69, 9.17) is 9.47 Å². The van der Waals surface area contributed by atoms with Crippen LogP contribution in [0.4, 0.5) is 0 Å². The third kappa shape index (κ3) is 5.49. The van der Waals surface area contributed by atoms with E-state index < -0.39 is 0 Å². The monoisotopic (exact) mass is 382 g/mol. The number of hydrogen-bond donors (Lipinski definition) is 0. The molecule has 0 radical (unpaired) electrons. The average Bonchev–Trinajstić information content (AvgIpc) is 2.76. The molecule has 28 heavy (non-hydrogen) atoms. The lowest BCUT2D eigenvalue weighted by Crippen LogP contribution is -2.49. The average molecular weight is 383 g/mol. The SMILES string of the molecule is COc1ccc(CCC(=O)N2CCN(CCc3ccccc3)CC2)cc1OC. The molecular weight excluding hydrogens is 352 g/mol. The van der Waals surface area contributed by atoms with E-state index in [1.807, 2.05) is 23.1 Å². The highest BCUT2D eigenvalue weighted by Gasteiger charge is 2.20. The molecule has 0 aliphatic carbocycles.